The van der Waals surface area contributed by atoms with E-state index in [1.807, 2.05) is 13.8 Å². The molecule has 4 aromatic rings. The van der Waals surface area contributed by atoms with Gasteiger partial charge in [0, 0.05) is 11.6 Å². The Labute approximate surface area is 217 Å². The number of halogens is 3. The summed E-state index contributed by atoms with van der Waals surface area (Å²) in [6.45, 7) is 3.91. The van der Waals surface area contributed by atoms with E-state index in [4.69, 9.17) is 32.9 Å². The summed E-state index contributed by atoms with van der Waals surface area (Å²) in [5, 5.41) is 0.847. The van der Waals surface area contributed by atoms with E-state index >= 15 is 0 Å². The van der Waals surface area contributed by atoms with Crippen LogP contribution in [0.15, 0.2) is 71.5 Å². The van der Waals surface area contributed by atoms with Gasteiger partial charge < -0.3 is 9.64 Å². The van der Waals surface area contributed by atoms with Gasteiger partial charge in [0.25, 0.3) is 11.5 Å². The van der Waals surface area contributed by atoms with Crippen LogP contribution in [-0.2, 0) is 4.79 Å². The van der Waals surface area contributed by atoms with E-state index in [-0.39, 0.29) is 23.1 Å². The van der Waals surface area contributed by atoms with Crippen LogP contribution < -0.4 is 10.3 Å². The molecule has 1 amide bonds. The van der Waals surface area contributed by atoms with Gasteiger partial charge in [-0.2, -0.15) is 0 Å². The first kappa shape index (κ1) is 25.7. The largest absolute Gasteiger partial charge is 0.484 e. The Hall–Kier alpha value is -3.42. The first-order chi connectivity index (χ1) is 17.3. The summed E-state index contributed by atoms with van der Waals surface area (Å²) in [4.78, 5) is 33.3. The maximum absolute atomic E-state index is 13.9. The molecule has 4 rings (SSSR count). The molecule has 0 aliphatic heterocycles. The number of benzene rings is 3. The molecule has 6 nitrogen and oxygen atoms in total. The fraction of sp³-hybridized carbons (Fsp3) is 0.222. The first-order valence-corrected chi connectivity index (χ1v) is 12.2. The van der Waals surface area contributed by atoms with Gasteiger partial charge in [-0.3, -0.25) is 14.2 Å². The minimum atomic E-state index is -0.597. The summed E-state index contributed by atoms with van der Waals surface area (Å²) < 4.78 is 21.0. The van der Waals surface area contributed by atoms with Crippen molar-refractivity contribution < 1.29 is 13.9 Å². The summed E-state index contributed by atoms with van der Waals surface area (Å²) in [6, 6.07) is 17.2. The molecular formula is C27H24Cl2FN3O3. The number of rotatable bonds is 8. The second kappa shape index (κ2) is 11.1. The predicted octanol–water partition coefficient (Wildman–Crippen LogP) is 6.21. The summed E-state index contributed by atoms with van der Waals surface area (Å²) in [7, 11) is 0. The van der Waals surface area contributed by atoms with Crippen LogP contribution in [0.5, 0.6) is 5.75 Å². The second-order valence-corrected chi connectivity index (χ2v) is 8.92. The third-order valence-corrected chi connectivity index (χ3v) is 6.40. The Kier molecular flexibility index (Phi) is 7.91. The zero-order valence-electron chi connectivity index (χ0n) is 19.7. The normalized spacial score (nSPS) is 11.9. The molecule has 1 unspecified atom stereocenters. The number of hydrogen-bond acceptors (Lipinski definition) is 4. The molecule has 1 atom stereocenters. The van der Waals surface area contributed by atoms with Gasteiger partial charge in [0.05, 0.1) is 27.7 Å². The van der Waals surface area contributed by atoms with E-state index in [0.29, 0.717) is 46.2 Å². The first-order valence-electron chi connectivity index (χ1n) is 11.5. The number of ether oxygens (including phenoxy) is 1. The van der Waals surface area contributed by atoms with Crippen molar-refractivity contribution in [3.63, 3.8) is 0 Å². The molecule has 0 N–H and O–H groups in total. The van der Waals surface area contributed by atoms with Crippen molar-refractivity contribution in [2.75, 3.05) is 13.2 Å². The van der Waals surface area contributed by atoms with Gasteiger partial charge >= 0.3 is 0 Å². The Bertz CT molecular complexity index is 1460. The van der Waals surface area contributed by atoms with E-state index in [9.17, 15) is 14.0 Å². The zero-order valence-corrected chi connectivity index (χ0v) is 21.3. The second-order valence-electron chi connectivity index (χ2n) is 8.07. The number of hydrogen-bond donors (Lipinski definition) is 0. The number of nitrogens with zero attached hydrogens (tertiary/aromatic N) is 3. The Balaban J connectivity index is 1.78. The SMILES string of the molecule is CCC(c1nc2ccccc2c(=O)n1-c1ccc(F)c(Cl)c1)N(CC)C(=O)COc1ccc(Cl)cc1. The smallest absolute Gasteiger partial charge is 0.266 e. The summed E-state index contributed by atoms with van der Waals surface area (Å²) in [6.07, 6.45) is 0.472. The molecule has 9 heteroatoms. The van der Waals surface area contributed by atoms with Crippen LogP contribution in [0.2, 0.25) is 10.0 Å². The van der Waals surface area contributed by atoms with Gasteiger partial charge in [-0.05, 0) is 67.9 Å². The fourth-order valence-electron chi connectivity index (χ4n) is 4.12. The fourth-order valence-corrected chi connectivity index (χ4v) is 4.42. The van der Waals surface area contributed by atoms with Gasteiger partial charge in [0.2, 0.25) is 0 Å². The number of carbonyl (C=O) groups is 1. The monoisotopic (exact) mass is 527 g/mol. The zero-order chi connectivity index (χ0) is 25.8. The lowest BCUT2D eigenvalue weighted by Gasteiger charge is -2.31. The average molecular weight is 528 g/mol. The van der Waals surface area contributed by atoms with E-state index in [1.165, 1.54) is 22.8 Å². The Morgan fingerprint density at radius 1 is 1.08 bits per heavy atom. The van der Waals surface area contributed by atoms with Crippen molar-refractivity contribution in [3.05, 3.63) is 98.8 Å². The molecule has 0 aliphatic rings. The van der Waals surface area contributed by atoms with Crippen LogP contribution in [0, 0.1) is 5.82 Å². The quantitative estimate of drug-likeness (QED) is 0.273. The van der Waals surface area contributed by atoms with Crippen LogP contribution in [-0.4, -0.2) is 33.5 Å². The molecule has 1 heterocycles. The highest BCUT2D eigenvalue weighted by molar-refractivity contribution is 6.31. The molecule has 0 radical (unpaired) electrons. The van der Waals surface area contributed by atoms with Crippen molar-refractivity contribution in [1.29, 1.82) is 0 Å². The maximum Gasteiger partial charge on any atom is 0.266 e. The van der Waals surface area contributed by atoms with Gasteiger partial charge in [0.15, 0.2) is 6.61 Å². The Morgan fingerprint density at radius 3 is 2.47 bits per heavy atom. The van der Waals surface area contributed by atoms with Crippen LogP contribution in [0.4, 0.5) is 4.39 Å². The van der Waals surface area contributed by atoms with Crippen molar-refractivity contribution in [2.45, 2.75) is 26.3 Å². The summed E-state index contributed by atoms with van der Waals surface area (Å²) >= 11 is 12.0. The predicted molar refractivity (Wildman–Crippen MR) is 140 cm³/mol. The maximum atomic E-state index is 13.9. The molecule has 0 aliphatic carbocycles. The summed E-state index contributed by atoms with van der Waals surface area (Å²) in [5.41, 5.74) is 0.526. The van der Waals surface area contributed by atoms with Gasteiger partial charge in [0.1, 0.15) is 17.4 Å². The van der Waals surface area contributed by atoms with Gasteiger partial charge in [-0.1, -0.05) is 42.3 Å². The lowest BCUT2D eigenvalue weighted by molar-refractivity contribution is -0.136. The van der Waals surface area contributed by atoms with Crippen molar-refractivity contribution >= 4 is 40.0 Å². The summed E-state index contributed by atoms with van der Waals surface area (Å²) in [5.74, 6) is -0.00461. The molecule has 0 bridgehead atoms. The number of carbonyl (C=O) groups excluding carboxylic acids is 1. The molecule has 0 spiro atoms. The molecular weight excluding hydrogens is 504 g/mol. The van der Waals surface area contributed by atoms with Crippen molar-refractivity contribution in [2.24, 2.45) is 0 Å². The highest BCUT2D eigenvalue weighted by Crippen LogP contribution is 2.28. The lowest BCUT2D eigenvalue weighted by Crippen LogP contribution is -2.40. The third kappa shape index (κ3) is 5.22. The van der Waals surface area contributed by atoms with E-state index in [0.717, 1.165) is 0 Å². The molecule has 0 saturated heterocycles. The minimum Gasteiger partial charge on any atom is -0.484 e. The number of aromatic nitrogens is 2. The van der Waals surface area contributed by atoms with Crippen molar-refractivity contribution in [3.8, 4) is 11.4 Å². The number of fused-ring (bicyclic) bond motifs is 1. The Morgan fingerprint density at radius 2 is 1.81 bits per heavy atom. The molecule has 3 aromatic carbocycles. The topological polar surface area (TPSA) is 64.4 Å². The van der Waals surface area contributed by atoms with Crippen LogP contribution in [0.1, 0.15) is 32.1 Å². The highest BCUT2D eigenvalue weighted by atomic mass is 35.5. The lowest BCUT2D eigenvalue weighted by atomic mass is 10.1. The number of likely N-dealkylation sites (N-methyl/N-ethyl adjacent to an activating group) is 1. The molecule has 1 aromatic heterocycles. The van der Waals surface area contributed by atoms with Gasteiger partial charge in [-0.15, -0.1) is 0 Å². The van der Waals surface area contributed by atoms with E-state index < -0.39 is 11.9 Å². The van der Waals surface area contributed by atoms with Crippen LogP contribution in [0.25, 0.3) is 16.6 Å². The standard InChI is InChI=1S/C27H24Cl2FN3O3/c1-3-24(32(4-2)25(34)16-36-19-12-9-17(28)10-13-19)26-31-23-8-6-5-7-20(23)27(35)33(26)18-11-14-22(30)21(29)15-18/h5-15,24H,3-4,16H2,1-2H3. The average Bonchev–Trinajstić information content (AvgIpc) is 2.88. The molecule has 186 valence electrons. The molecule has 0 fully saturated rings. The minimum absolute atomic E-state index is 0.119. The van der Waals surface area contributed by atoms with Crippen LogP contribution in [0.3, 0.4) is 0 Å². The highest BCUT2D eigenvalue weighted by Gasteiger charge is 2.28. The molecule has 36 heavy (non-hydrogen) atoms. The number of amides is 1. The third-order valence-electron chi connectivity index (χ3n) is 5.86. The van der Waals surface area contributed by atoms with Crippen molar-refractivity contribution in [1.82, 2.24) is 14.5 Å². The van der Waals surface area contributed by atoms with Gasteiger partial charge in [-0.25, -0.2) is 9.37 Å². The van der Waals surface area contributed by atoms with Crippen LogP contribution >= 0.6 is 23.2 Å². The van der Waals surface area contributed by atoms with E-state index in [2.05, 4.69) is 0 Å². The van der Waals surface area contributed by atoms with E-state index in [1.54, 1.807) is 53.4 Å². The molecule has 0 saturated carbocycles. The number of para-hydroxylation sites is 1.